The monoisotopic (exact) mass is 430 g/mol. The van der Waals surface area contributed by atoms with Crippen molar-refractivity contribution in [1.29, 1.82) is 0 Å². The van der Waals surface area contributed by atoms with E-state index >= 15 is 0 Å². The molecule has 4 heterocycles. The highest BCUT2D eigenvalue weighted by atomic mass is 35.5. The molecule has 2 aromatic carbocycles. The number of benzene rings is 2. The molecule has 31 heavy (non-hydrogen) atoms. The number of morpholine rings is 1. The molecule has 2 fully saturated rings. The number of rotatable bonds is 5. The number of pyridine rings is 1. The number of ether oxygens (including phenoxy) is 1. The zero-order chi connectivity index (χ0) is 20.8. The first kappa shape index (κ1) is 19.0. The third-order valence-electron chi connectivity index (χ3n) is 6.57. The number of halogens is 1. The smallest absolute Gasteiger partial charge is 0.152 e. The van der Waals surface area contributed by atoms with Crippen molar-refractivity contribution in [2.24, 2.45) is 5.10 Å². The Kier molecular flexibility index (Phi) is 4.56. The fourth-order valence-corrected chi connectivity index (χ4v) is 5.22. The fraction of sp³-hybridized carbons (Fsp3) is 0.280. The van der Waals surface area contributed by atoms with Gasteiger partial charge in [-0.15, -0.1) is 0 Å². The molecule has 6 heteroatoms. The average Bonchev–Trinajstić information content (AvgIpc) is 3.35. The third-order valence-corrected chi connectivity index (χ3v) is 6.82. The largest absolute Gasteiger partial charge is 0.373 e. The topological polar surface area (TPSA) is 40.7 Å². The van der Waals surface area contributed by atoms with Gasteiger partial charge in [0, 0.05) is 42.6 Å². The summed E-state index contributed by atoms with van der Waals surface area (Å²) in [5, 5.41) is 7.84. The molecule has 0 N–H and O–H groups in total. The minimum Gasteiger partial charge on any atom is -0.373 e. The second-order valence-electron chi connectivity index (χ2n) is 8.38. The first-order valence-corrected chi connectivity index (χ1v) is 11.1. The summed E-state index contributed by atoms with van der Waals surface area (Å²) in [7, 11) is 0. The van der Waals surface area contributed by atoms with Crippen LogP contribution < -0.4 is 0 Å². The van der Waals surface area contributed by atoms with Gasteiger partial charge in [0.15, 0.2) is 5.54 Å². The molecule has 0 radical (unpaired) electrons. The van der Waals surface area contributed by atoms with Gasteiger partial charge < -0.3 is 4.74 Å². The Balaban J connectivity index is 1.28. The minimum atomic E-state index is -0.239. The second kappa shape index (κ2) is 7.45. The number of hydrogen-bond acceptors (Lipinski definition) is 5. The molecule has 3 atom stereocenters. The number of hydrogen-bond donors (Lipinski definition) is 0. The Morgan fingerprint density at radius 1 is 1.00 bits per heavy atom. The van der Waals surface area contributed by atoms with Crippen molar-refractivity contribution in [3.63, 3.8) is 0 Å². The van der Waals surface area contributed by atoms with E-state index in [0.717, 1.165) is 42.5 Å². The maximum atomic E-state index is 6.31. The summed E-state index contributed by atoms with van der Waals surface area (Å²) < 4.78 is 6.31. The predicted molar refractivity (Wildman–Crippen MR) is 121 cm³/mol. The van der Waals surface area contributed by atoms with Crippen molar-refractivity contribution in [2.45, 2.75) is 24.2 Å². The van der Waals surface area contributed by atoms with Crippen LogP contribution in [-0.2, 0) is 16.8 Å². The van der Waals surface area contributed by atoms with E-state index < -0.39 is 0 Å². The lowest BCUT2D eigenvalue weighted by Gasteiger charge is -2.33. The van der Waals surface area contributed by atoms with Crippen molar-refractivity contribution in [1.82, 2.24) is 14.9 Å². The standard InChI is InChI=1S/C25H23ClN4O/c26-21-8-6-19(7-9-21)23-25(20-10-12-27-13-11-20)24(30(25)28-23)22-17-29(14-15-31-22)16-18-4-2-1-3-5-18/h1-13,22,24H,14-17H2. The van der Waals surface area contributed by atoms with E-state index in [9.17, 15) is 0 Å². The van der Waals surface area contributed by atoms with Crippen molar-refractivity contribution >= 4 is 17.3 Å². The molecule has 3 unspecified atom stereocenters. The summed E-state index contributed by atoms with van der Waals surface area (Å²) in [6.45, 7) is 3.53. The Labute approximate surface area is 186 Å². The zero-order valence-corrected chi connectivity index (χ0v) is 17.8. The highest BCUT2D eigenvalue weighted by molar-refractivity contribution is 6.30. The zero-order valence-electron chi connectivity index (χ0n) is 17.1. The van der Waals surface area contributed by atoms with Crippen LogP contribution in [0.5, 0.6) is 0 Å². The molecule has 0 amide bonds. The van der Waals surface area contributed by atoms with Crippen LogP contribution in [0.15, 0.2) is 84.2 Å². The summed E-state index contributed by atoms with van der Waals surface area (Å²) in [5.41, 5.74) is 4.51. The van der Waals surface area contributed by atoms with Crippen molar-refractivity contribution in [3.8, 4) is 0 Å². The van der Waals surface area contributed by atoms with Crippen molar-refractivity contribution in [2.75, 3.05) is 19.7 Å². The molecule has 3 aliphatic heterocycles. The molecule has 0 saturated carbocycles. The van der Waals surface area contributed by atoms with Crippen LogP contribution in [0.4, 0.5) is 0 Å². The quantitative estimate of drug-likeness (QED) is 0.575. The van der Waals surface area contributed by atoms with Gasteiger partial charge in [0.1, 0.15) is 11.8 Å². The van der Waals surface area contributed by atoms with Crippen LogP contribution in [-0.4, -0.2) is 52.4 Å². The van der Waals surface area contributed by atoms with E-state index in [2.05, 4.69) is 69.5 Å². The van der Waals surface area contributed by atoms with Gasteiger partial charge in [0.25, 0.3) is 0 Å². The molecule has 6 rings (SSSR count). The molecule has 1 aromatic heterocycles. The molecule has 3 aliphatic rings. The maximum absolute atomic E-state index is 6.31. The lowest BCUT2D eigenvalue weighted by molar-refractivity contribution is -0.0369. The number of aromatic nitrogens is 1. The van der Waals surface area contributed by atoms with Crippen LogP contribution in [0.1, 0.15) is 16.7 Å². The van der Waals surface area contributed by atoms with E-state index in [1.54, 1.807) is 0 Å². The second-order valence-corrected chi connectivity index (χ2v) is 8.81. The summed E-state index contributed by atoms with van der Waals surface area (Å²) in [4.78, 5) is 6.72. The fourth-order valence-electron chi connectivity index (χ4n) is 5.09. The van der Waals surface area contributed by atoms with Crippen LogP contribution in [0.25, 0.3) is 0 Å². The lowest BCUT2D eigenvalue weighted by atomic mass is 9.84. The molecular formula is C25H23ClN4O. The van der Waals surface area contributed by atoms with Gasteiger partial charge >= 0.3 is 0 Å². The molecule has 5 nitrogen and oxygen atoms in total. The van der Waals surface area contributed by atoms with Crippen LogP contribution >= 0.6 is 11.6 Å². The van der Waals surface area contributed by atoms with Gasteiger partial charge in [-0.2, -0.15) is 5.10 Å². The Bertz CT molecular complexity index is 1110. The van der Waals surface area contributed by atoms with Gasteiger partial charge in [0.2, 0.25) is 0 Å². The van der Waals surface area contributed by atoms with E-state index in [1.807, 2.05) is 24.5 Å². The SMILES string of the molecule is Clc1ccc(C2=NN3C(C4CN(Cc5ccccc5)CCO4)C23c2ccncc2)cc1. The van der Waals surface area contributed by atoms with Crippen molar-refractivity contribution < 1.29 is 4.74 Å². The minimum absolute atomic E-state index is 0.0965. The predicted octanol–water partition coefficient (Wildman–Crippen LogP) is 3.93. The number of hydrazone groups is 1. The number of fused-ring (bicyclic) bond motifs is 1. The third kappa shape index (κ3) is 3.07. The van der Waals surface area contributed by atoms with Crippen LogP contribution in [0, 0.1) is 0 Å². The van der Waals surface area contributed by atoms with Crippen molar-refractivity contribution in [3.05, 3.63) is 101 Å². The molecule has 0 spiro atoms. The molecule has 2 saturated heterocycles. The molecular weight excluding hydrogens is 408 g/mol. The Morgan fingerprint density at radius 2 is 1.77 bits per heavy atom. The molecule has 0 bridgehead atoms. The Hall–Kier alpha value is -2.73. The first-order valence-electron chi connectivity index (χ1n) is 10.7. The summed E-state index contributed by atoms with van der Waals surface area (Å²) >= 11 is 6.12. The maximum Gasteiger partial charge on any atom is 0.152 e. The normalized spacial score (nSPS) is 27.3. The van der Waals surface area contributed by atoms with E-state index in [0.29, 0.717) is 0 Å². The highest BCUT2D eigenvalue weighted by Gasteiger charge is 2.76. The summed E-state index contributed by atoms with van der Waals surface area (Å²) in [5.74, 6) is 0. The van der Waals surface area contributed by atoms with Crippen LogP contribution in [0.2, 0.25) is 5.02 Å². The average molecular weight is 431 g/mol. The first-order chi connectivity index (χ1) is 15.3. The van der Waals surface area contributed by atoms with Crippen LogP contribution in [0.3, 0.4) is 0 Å². The van der Waals surface area contributed by atoms with E-state index in [1.165, 1.54) is 11.1 Å². The summed E-state index contributed by atoms with van der Waals surface area (Å²) in [6.07, 6.45) is 3.82. The number of nitrogens with zero attached hydrogens (tertiary/aromatic N) is 4. The van der Waals surface area contributed by atoms with Gasteiger partial charge in [-0.25, -0.2) is 0 Å². The molecule has 0 aliphatic carbocycles. The Morgan fingerprint density at radius 3 is 2.55 bits per heavy atom. The van der Waals surface area contributed by atoms with Gasteiger partial charge in [0.05, 0.1) is 12.7 Å². The summed E-state index contributed by atoms with van der Waals surface area (Å²) in [6, 6.07) is 23.0. The van der Waals surface area contributed by atoms with Gasteiger partial charge in [-0.1, -0.05) is 54.1 Å². The highest BCUT2D eigenvalue weighted by Crippen LogP contribution is 2.61. The van der Waals surface area contributed by atoms with E-state index in [-0.39, 0.29) is 17.7 Å². The van der Waals surface area contributed by atoms with Gasteiger partial charge in [-0.05, 0) is 35.4 Å². The lowest BCUT2D eigenvalue weighted by Crippen LogP contribution is -2.46. The van der Waals surface area contributed by atoms with E-state index in [4.69, 9.17) is 21.4 Å². The van der Waals surface area contributed by atoms with Gasteiger partial charge in [-0.3, -0.25) is 14.9 Å². The molecule has 3 aromatic rings. The molecule has 156 valence electrons.